The molecule has 0 spiro atoms. The topological polar surface area (TPSA) is 72.7 Å². The van der Waals surface area contributed by atoms with E-state index in [1.54, 1.807) is 11.8 Å². The van der Waals surface area contributed by atoms with Crippen LogP contribution in [0.4, 0.5) is 5.69 Å². The van der Waals surface area contributed by atoms with Crippen molar-refractivity contribution < 1.29 is 4.79 Å². The van der Waals surface area contributed by atoms with E-state index in [4.69, 9.17) is 0 Å². The molecule has 2 aliphatic rings. The second kappa shape index (κ2) is 6.25. The maximum Gasteiger partial charge on any atom is 0.238 e. The number of tetrazole rings is 1. The number of nitrogens with zero attached hydrogens (tertiary/aromatic N) is 4. The molecular formula is C19H17N5OS. The van der Waals surface area contributed by atoms with Crippen LogP contribution in [0.25, 0.3) is 11.4 Å². The first kappa shape index (κ1) is 15.6. The van der Waals surface area contributed by atoms with Crippen molar-refractivity contribution in [2.24, 2.45) is 0 Å². The normalized spacial score (nSPS) is 18.5. The zero-order chi connectivity index (χ0) is 17.5. The molecule has 0 unspecified atom stereocenters. The number of rotatable bonds is 4. The molecule has 130 valence electrons. The summed E-state index contributed by atoms with van der Waals surface area (Å²) in [5, 5.41) is 15.0. The number of thioether (sulfide) groups is 1. The van der Waals surface area contributed by atoms with Gasteiger partial charge in [-0.1, -0.05) is 30.3 Å². The van der Waals surface area contributed by atoms with Crippen LogP contribution in [0.15, 0.2) is 53.4 Å². The number of anilines is 1. The Balaban J connectivity index is 1.34. The van der Waals surface area contributed by atoms with E-state index in [1.807, 2.05) is 41.1 Å². The Hall–Kier alpha value is -2.67. The maximum atomic E-state index is 12.7. The first-order chi connectivity index (χ1) is 12.8. The second-order valence-electron chi connectivity index (χ2n) is 6.67. The highest BCUT2D eigenvalue weighted by Gasteiger charge is 2.29. The fourth-order valence-corrected chi connectivity index (χ4v) is 4.43. The average molecular weight is 363 g/mol. The third-order valence-electron chi connectivity index (χ3n) is 4.71. The lowest BCUT2D eigenvalue weighted by Gasteiger charge is -2.11. The first-order valence-corrected chi connectivity index (χ1v) is 9.59. The minimum Gasteiger partial charge on any atom is -0.325 e. The Morgan fingerprint density at radius 1 is 1.15 bits per heavy atom. The molecule has 1 aliphatic carbocycles. The number of hydrogen-bond donors (Lipinski definition) is 1. The van der Waals surface area contributed by atoms with E-state index in [0.717, 1.165) is 36.3 Å². The fraction of sp³-hybridized carbons (Fsp3) is 0.263. The minimum atomic E-state index is -0.0900. The molecule has 0 bridgehead atoms. The van der Waals surface area contributed by atoms with Gasteiger partial charge in [0.1, 0.15) is 0 Å². The SMILES string of the molecule is O=C(Nc1cccc(-c2nnnn2C2CC2)c1)[C@@H]1Cc2ccccc2S1. The summed E-state index contributed by atoms with van der Waals surface area (Å²) in [6.07, 6.45) is 3.01. The van der Waals surface area contributed by atoms with Gasteiger partial charge in [-0.3, -0.25) is 4.79 Å². The lowest BCUT2D eigenvalue weighted by atomic mass is 10.1. The zero-order valence-corrected chi connectivity index (χ0v) is 14.8. The summed E-state index contributed by atoms with van der Waals surface area (Å²) in [4.78, 5) is 13.9. The summed E-state index contributed by atoms with van der Waals surface area (Å²) in [5.74, 6) is 0.788. The van der Waals surface area contributed by atoms with Crippen LogP contribution in [-0.4, -0.2) is 31.4 Å². The number of benzene rings is 2. The standard InChI is InChI=1S/C19H17N5OS/c25-19(17-11-12-4-1-2-7-16(12)26-17)20-14-6-3-5-13(10-14)18-21-22-23-24(18)15-8-9-15/h1-7,10,15,17H,8-9,11H2,(H,20,25)/t17-/m0/s1. The molecule has 1 aromatic heterocycles. The van der Waals surface area contributed by atoms with Crippen LogP contribution in [0, 0.1) is 0 Å². The summed E-state index contributed by atoms with van der Waals surface area (Å²) >= 11 is 1.63. The molecule has 3 aromatic rings. The third kappa shape index (κ3) is 2.88. The summed E-state index contributed by atoms with van der Waals surface area (Å²) in [5.41, 5.74) is 2.94. The molecule has 2 heterocycles. The molecule has 1 atom stereocenters. The number of amides is 1. The lowest BCUT2D eigenvalue weighted by Crippen LogP contribution is -2.24. The van der Waals surface area contributed by atoms with Crippen molar-refractivity contribution in [3.63, 3.8) is 0 Å². The van der Waals surface area contributed by atoms with Gasteiger partial charge in [0.15, 0.2) is 5.82 Å². The quantitative estimate of drug-likeness (QED) is 0.770. The van der Waals surface area contributed by atoms with E-state index < -0.39 is 0 Å². The van der Waals surface area contributed by atoms with Crippen molar-refractivity contribution in [1.29, 1.82) is 0 Å². The number of aromatic nitrogens is 4. The molecule has 1 aliphatic heterocycles. The van der Waals surface area contributed by atoms with Crippen molar-refractivity contribution >= 4 is 23.4 Å². The minimum absolute atomic E-state index is 0.0325. The predicted molar refractivity (Wildman–Crippen MR) is 99.9 cm³/mol. The van der Waals surface area contributed by atoms with Crippen molar-refractivity contribution in [3.05, 3.63) is 54.1 Å². The van der Waals surface area contributed by atoms with Gasteiger partial charge in [-0.25, -0.2) is 4.68 Å². The molecule has 5 rings (SSSR count). The fourth-order valence-electron chi connectivity index (χ4n) is 3.24. The summed E-state index contributed by atoms with van der Waals surface area (Å²) < 4.78 is 1.88. The van der Waals surface area contributed by atoms with Gasteiger partial charge < -0.3 is 5.32 Å². The van der Waals surface area contributed by atoms with E-state index in [0.29, 0.717) is 6.04 Å². The van der Waals surface area contributed by atoms with Crippen molar-refractivity contribution in [2.45, 2.75) is 35.4 Å². The van der Waals surface area contributed by atoms with Gasteiger partial charge in [0, 0.05) is 16.1 Å². The molecule has 1 amide bonds. The first-order valence-electron chi connectivity index (χ1n) is 8.72. The van der Waals surface area contributed by atoms with Crippen LogP contribution < -0.4 is 5.32 Å². The van der Waals surface area contributed by atoms with E-state index in [2.05, 4.69) is 33.0 Å². The van der Waals surface area contributed by atoms with Gasteiger partial charge in [-0.15, -0.1) is 16.9 Å². The summed E-state index contributed by atoms with van der Waals surface area (Å²) in [7, 11) is 0. The molecule has 7 heteroatoms. The molecule has 1 saturated carbocycles. The predicted octanol–water partition coefficient (Wildman–Crippen LogP) is 3.33. The third-order valence-corrected chi connectivity index (χ3v) is 6.03. The van der Waals surface area contributed by atoms with E-state index in [9.17, 15) is 4.79 Å². The van der Waals surface area contributed by atoms with E-state index >= 15 is 0 Å². The molecule has 1 N–H and O–H groups in total. The molecule has 0 radical (unpaired) electrons. The number of fused-ring (bicyclic) bond motifs is 1. The maximum absolute atomic E-state index is 12.7. The van der Waals surface area contributed by atoms with Crippen LogP contribution in [-0.2, 0) is 11.2 Å². The molecular weight excluding hydrogens is 346 g/mol. The molecule has 1 fully saturated rings. The summed E-state index contributed by atoms with van der Waals surface area (Å²) in [6.45, 7) is 0. The van der Waals surface area contributed by atoms with Crippen molar-refractivity contribution in [3.8, 4) is 11.4 Å². The van der Waals surface area contributed by atoms with Gasteiger partial charge in [0.25, 0.3) is 0 Å². The number of nitrogens with one attached hydrogen (secondary N) is 1. The Labute approximate surface area is 155 Å². The lowest BCUT2D eigenvalue weighted by molar-refractivity contribution is -0.115. The largest absolute Gasteiger partial charge is 0.325 e. The Morgan fingerprint density at radius 2 is 2.04 bits per heavy atom. The van der Waals surface area contributed by atoms with Crippen LogP contribution in [0.2, 0.25) is 0 Å². The zero-order valence-electron chi connectivity index (χ0n) is 14.0. The summed E-state index contributed by atoms with van der Waals surface area (Å²) in [6, 6.07) is 16.3. The van der Waals surface area contributed by atoms with Crippen LogP contribution in [0.5, 0.6) is 0 Å². The highest BCUT2D eigenvalue weighted by molar-refractivity contribution is 8.01. The number of hydrogen-bond acceptors (Lipinski definition) is 5. The van der Waals surface area contributed by atoms with Gasteiger partial charge in [0.05, 0.1) is 11.3 Å². The van der Waals surface area contributed by atoms with Gasteiger partial charge >= 0.3 is 0 Å². The smallest absolute Gasteiger partial charge is 0.238 e. The number of carbonyl (C=O) groups is 1. The van der Waals surface area contributed by atoms with E-state index in [-0.39, 0.29) is 11.2 Å². The Bertz CT molecular complexity index is 956. The van der Waals surface area contributed by atoms with Gasteiger partial charge in [0.2, 0.25) is 5.91 Å². The highest BCUT2D eigenvalue weighted by Crippen LogP contribution is 2.38. The molecule has 6 nitrogen and oxygen atoms in total. The van der Waals surface area contributed by atoms with Crippen LogP contribution in [0.3, 0.4) is 0 Å². The van der Waals surface area contributed by atoms with Crippen molar-refractivity contribution in [2.75, 3.05) is 5.32 Å². The monoisotopic (exact) mass is 363 g/mol. The van der Waals surface area contributed by atoms with Gasteiger partial charge in [-0.2, -0.15) is 0 Å². The Kier molecular flexibility index (Phi) is 3.74. The van der Waals surface area contributed by atoms with E-state index in [1.165, 1.54) is 10.5 Å². The molecule has 0 saturated heterocycles. The molecule has 2 aromatic carbocycles. The van der Waals surface area contributed by atoms with Crippen LogP contribution >= 0.6 is 11.8 Å². The van der Waals surface area contributed by atoms with Crippen LogP contribution in [0.1, 0.15) is 24.4 Å². The Morgan fingerprint density at radius 3 is 2.88 bits per heavy atom. The van der Waals surface area contributed by atoms with Gasteiger partial charge in [-0.05, 0) is 53.5 Å². The number of carbonyl (C=O) groups excluding carboxylic acids is 1. The highest BCUT2D eigenvalue weighted by atomic mass is 32.2. The average Bonchev–Trinajstić information content (AvgIpc) is 3.22. The second-order valence-corrected chi connectivity index (χ2v) is 7.91. The molecule has 26 heavy (non-hydrogen) atoms. The van der Waals surface area contributed by atoms with Crippen molar-refractivity contribution in [1.82, 2.24) is 20.2 Å².